The second-order valence-electron chi connectivity index (χ2n) is 7.25. The summed E-state index contributed by atoms with van der Waals surface area (Å²) < 4.78 is 30.6. The van der Waals surface area contributed by atoms with Crippen LogP contribution < -0.4 is 9.50 Å². The summed E-state index contributed by atoms with van der Waals surface area (Å²) in [5, 5.41) is 21.7. The molecule has 32 heavy (non-hydrogen) atoms. The highest BCUT2D eigenvalue weighted by Gasteiger charge is 2.32. The summed E-state index contributed by atoms with van der Waals surface area (Å²) in [6.07, 6.45) is 1.31. The molecule has 1 fully saturated rings. The second kappa shape index (κ2) is 9.49. The predicted octanol–water partition coefficient (Wildman–Crippen LogP) is 3.25. The quantitative estimate of drug-likeness (QED) is 0.280. The molecule has 1 aliphatic heterocycles. The molecule has 1 atom stereocenters. The number of carbonyl (C=O) groups excluding carboxylic acids is 1. The number of aryl methyl sites for hydroxylation is 1. The number of nitro groups is 1. The lowest BCUT2D eigenvalue weighted by molar-refractivity contribution is -0.385. The van der Waals surface area contributed by atoms with E-state index in [9.17, 15) is 23.3 Å². The number of hydrogen-bond donors (Lipinski definition) is 1. The lowest BCUT2D eigenvalue weighted by Crippen LogP contribution is -2.27. The molecule has 0 bridgehead atoms. The number of hydrogen-bond acceptors (Lipinski definition) is 9. The first-order chi connectivity index (χ1) is 15.1. The normalized spacial score (nSPS) is 17.8. The number of amides is 1. The monoisotopic (exact) mass is 476 g/mol. The van der Waals surface area contributed by atoms with Crippen molar-refractivity contribution in [2.75, 3.05) is 0 Å². The van der Waals surface area contributed by atoms with Gasteiger partial charge in [-0.1, -0.05) is 43.3 Å². The number of rotatable bonds is 7. The van der Waals surface area contributed by atoms with Gasteiger partial charge in [0.05, 0.1) is 16.4 Å². The van der Waals surface area contributed by atoms with Gasteiger partial charge in [-0.15, -0.1) is 5.10 Å². The van der Waals surface area contributed by atoms with Crippen LogP contribution in [-0.2, 0) is 14.9 Å². The second-order valence-corrected chi connectivity index (χ2v) is 9.93. The lowest BCUT2D eigenvalue weighted by Gasteiger charge is -2.10. The summed E-state index contributed by atoms with van der Waals surface area (Å²) in [7, 11) is -4.33. The van der Waals surface area contributed by atoms with E-state index >= 15 is 0 Å². The van der Waals surface area contributed by atoms with E-state index in [0.717, 1.165) is 11.6 Å². The van der Waals surface area contributed by atoms with Gasteiger partial charge in [-0.2, -0.15) is 13.5 Å². The van der Waals surface area contributed by atoms with Gasteiger partial charge in [0.1, 0.15) is 4.90 Å². The fraction of sp³-hybridized carbons (Fsp3) is 0.250. The number of thioether (sulfide) groups is 1. The highest BCUT2D eigenvalue weighted by atomic mass is 32.2. The van der Waals surface area contributed by atoms with Crippen LogP contribution in [0.25, 0.3) is 0 Å². The first kappa shape index (κ1) is 23.4. The van der Waals surface area contributed by atoms with E-state index in [-0.39, 0.29) is 33.4 Å². The molecule has 1 N–H and O–H groups in total. The Bertz CT molecular complexity index is 1220. The van der Waals surface area contributed by atoms with Crippen molar-refractivity contribution in [1.82, 2.24) is 5.32 Å². The molecule has 0 aliphatic carbocycles. The molecule has 2 aromatic carbocycles. The van der Waals surface area contributed by atoms with E-state index in [1.54, 1.807) is 12.1 Å². The Balaban J connectivity index is 1.85. The van der Waals surface area contributed by atoms with Crippen LogP contribution in [0.4, 0.5) is 5.69 Å². The number of nitrogens with one attached hydrogen (secondary N) is 1. The maximum atomic E-state index is 12.7. The van der Waals surface area contributed by atoms with Crippen molar-refractivity contribution >= 4 is 44.9 Å². The molecule has 0 spiro atoms. The summed E-state index contributed by atoms with van der Waals surface area (Å²) in [6.45, 7) is 5.67. The third-order valence-corrected chi connectivity index (χ3v) is 7.01. The maximum Gasteiger partial charge on any atom is 0.339 e. The highest BCUT2D eigenvalue weighted by Crippen LogP contribution is 2.27. The van der Waals surface area contributed by atoms with Crippen molar-refractivity contribution in [2.24, 2.45) is 16.1 Å². The largest absolute Gasteiger partial charge is 0.378 e. The number of carbonyl (C=O) groups is 1. The number of nitro benzene ring substituents is 1. The molecule has 12 heteroatoms. The molecule has 10 nitrogen and oxygen atoms in total. The minimum absolute atomic E-state index is 0.0192. The van der Waals surface area contributed by atoms with Crippen molar-refractivity contribution in [2.45, 2.75) is 30.9 Å². The average Bonchev–Trinajstić information content (AvgIpc) is 3.10. The Kier molecular flexibility index (Phi) is 6.94. The first-order valence-electron chi connectivity index (χ1n) is 9.45. The van der Waals surface area contributed by atoms with E-state index in [1.807, 2.05) is 20.8 Å². The van der Waals surface area contributed by atoms with Crippen molar-refractivity contribution in [3.8, 4) is 5.75 Å². The van der Waals surface area contributed by atoms with Crippen LogP contribution in [0.5, 0.6) is 5.75 Å². The Morgan fingerprint density at radius 3 is 2.66 bits per heavy atom. The zero-order valence-electron chi connectivity index (χ0n) is 17.4. The van der Waals surface area contributed by atoms with Crippen molar-refractivity contribution in [3.05, 3.63) is 63.7 Å². The molecule has 1 amide bonds. The van der Waals surface area contributed by atoms with E-state index in [2.05, 4.69) is 15.5 Å². The zero-order chi connectivity index (χ0) is 23.5. The van der Waals surface area contributed by atoms with Gasteiger partial charge in [0.15, 0.2) is 10.9 Å². The Hall–Kier alpha value is -3.25. The summed E-state index contributed by atoms with van der Waals surface area (Å²) >= 11 is 1.27. The van der Waals surface area contributed by atoms with Crippen LogP contribution in [0.3, 0.4) is 0 Å². The summed E-state index contributed by atoms with van der Waals surface area (Å²) in [6, 6.07) is 9.35. The molecule has 1 heterocycles. The SMILES string of the molecule is Cc1ccc(OS(=O)(=O)c2cccc([N+](=O)[O-])c2)c(/C=N\N=C2/NC(=O)[C@@H](C(C)C)S2)c1. The van der Waals surface area contributed by atoms with Crippen LogP contribution in [0.15, 0.2) is 57.6 Å². The van der Waals surface area contributed by atoms with Gasteiger partial charge >= 0.3 is 10.1 Å². The number of amidine groups is 1. The minimum atomic E-state index is -4.33. The molecule has 0 radical (unpaired) electrons. The van der Waals surface area contributed by atoms with Crippen LogP contribution in [0.1, 0.15) is 25.0 Å². The van der Waals surface area contributed by atoms with Crippen molar-refractivity contribution < 1.29 is 22.3 Å². The summed E-state index contributed by atoms with van der Waals surface area (Å²) in [4.78, 5) is 21.8. The van der Waals surface area contributed by atoms with Crippen LogP contribution >= 0.6 is 11.8 Å². The third-order valence-electron chi connectivity index (χ3n) is 4.36. The van der Waals surface area contributed by atoms with Gasteiger partial charge in [0.2, 0.25) is 5.91 Å². The van der Waals surface area contributed by atoms with Crippen LogP contribution in [0.2, 0.25) is 0 Å². The first-order valence-corrected chi connectivity index (χ1v) is 11.7. The van der Waals surface area contributed by atoms with E-state index < -0.39 is 15.0 Å². The van der Waals surface area contributed by atoms with Crippen molar-refractivity contribution in [3.63, 3.8) is 0 Å². The molecular formula is C20H20N4O6S2. The fourth-order valence-electron chi connectivity index (χ4n) is 2.77. The number of non-ortho nitro benzene ring substituents is 1. The van der Waals surface area contributed by atoms with Gasteiger partial charge in [0.25, 0.3) is 5.69 Å². The average molecular weight is 477 g/mol. The number of nitrogens with zero attached hydrogens (tertiary/aromatic N) is 3. The molecule has 1 saturated heterocycles. The smallest absolute Gasteiger partial charge is 0.339 e. The highest BCUT2D eigenvalue weighted by molar-refractivity contribution is 8.15. The van der Waals surface area contributed by atoms with Gasteiger partial charge in [0, 0.05) is 17.7 Å². The molecule has 0 unspecified atom stereocenters. The Labute approximate surface area is 189 Å². The maximum absolute atomic E-state index is 12.7. The Morgan fingerprint density at radius 1 is 1.25 bits per heavy atom. The molecule has 0 saturated carbocycles. The van der Waals surface area contributed by atoms with E-state index in [1.165, 1.54) is 42.2 Å². The zero-order valence-corrected chi connectivity index (χ0v) is 19.0. The summed E-state index contributed by atoms with van der Waals surface area (Å²) in [5.41, 5.74) is 0.785. The Morgan fingerprint density at radius 2 is 2.00 bits per heavy atom. The van der Waals surface area contributed by atoms with Gasteiger partial charge in [-0.05, 0) is 31.0 Å². The fourth-order valence-corrected chi connectivity index (χ4v) is 4.70. The third kappa shape index (κ3) is 5.51. The van der Waals surface area contributed by atoms with Gasteiger partial charge in [-0.25, -0.2) is 0 Å². The molecule has 0 aromatic heterocycles. The predicted molar refractivity (Wildman–Crippen MR) is 121 cm³/mol. The molecule has 168 valence electrons. The summed E-state index contributed by atoms with van der Waals surface area (Å²) in [5.74, 6) is -0.0247. The van der Waals surface area contributed by atoms with E-state index in [0.29, 0.717) is 10.7 Å². The molecular weight excluding hydrogens is 456 g/mol. The molecule has 1 aliphatic rings. The number of benzene rings is 2. The standard InChI is InChI=1S/C20H20N4O6S2/c1-12(2)18-19(25)22-20(31-18)23-21-11-14-9-13(3)7-8-17(14)30-32(28,29)16-6-4-5-15(10-16)24(26)27/h4-12,18H,1-3H3,(H,22,23,25)/b21-11-/t18-/m1/s1. The van der Waals surface area contributed by atoms with Gasteiger partial charge in [-0.3, -0.25) is 14.9 Å². The topological polar surface area (TPSA) is 140 Å². The van der Waals surface area contributed by atoms with Crippen LogP contribution in [0, 0.1) is 23.0 Å². The minimum Gasteiger partial charge on any atom is -0.378 e. The van der Waals surface area contributed by atoms with E-state index in [4.69, 9.17) is 4.18 Å². The molecule has 2 aromatic rings. The molecule has 3 rings (SSSR count). The van der Waals surface area contributed by atoms with Crippen molar-refractivity contribution in [1.29, 1.82) is 0 Å². The lowest BCUT2D eigenvalue weighted by atomic mass is 10.1. The van der Waals surface area contributed by atoms with Crippen LogP contribution in [-0.4, -0.2) is 35.9 Å². The van der Waals surface area contributed by atoms with Gasteiger partial charge < -0.3 is 9.50 Å².